The lowest BCUT2D eigenvalue weighted by atomic mass is 10.2. The van der Waals surface area contributed by atoms with Gasteiger partial charge in [-0.15, -0.1) is 0 Å². The normalized spacial score (nSPS) is 10.6. The zero-order chi connectivity index (χ0) is 36.3. The number of pyridine rings is 3. The van der Waals surface area contributed by atoms with Crippen LogP contribution < -0.4 is 16.4 Å². The molecule has 254 valence electrons. The SMILES string of the molecule is Cc1ncc(N)cc1NC(=O)OC(C)(C)C.Cc1ncc([N+](=O)[O-])cc1C(=O)O.Cc1ncc([N+](=O)[O-])cc1NC(=O)OC(C)(C)C. The summed E-state index contributed by atoms with van der Waals surface area (Å²) in [7, 11) is 0. The van der Waals surface area contributed by atoms with Gasteiger partial charge in [0.1, 0.15) is 23.6 Å². The van der Waals surface area contributed by atoms with Crippen molar-refractivity contribution < 1.29 is 38.8 Å². The number of aromatic carboxylic acids is 1. The van der Waals surface area contributed by atoms with Crippen LogP contribution in [-0.4, -0.2) is 59.3 Å². The van der Waals surface area contributed by atoms with Gasteiger partial charge in [-0.05, 0) is 68.4 Å². The Kier molecular flexibility index (Phi) is 13.6. The van der Waals surface area contributed by atoms with E-state index in [4.69, 9.17) is 20.3 Å². The number of carboxylic acids is 1. The van der Waals surface area contributed by atoms with E-state index in [1.165, 1.54) is 19.2 Å². The summed E-state index contributed by atoms with van der Waals surface area (Å²) in [6.45, 7) is 15.5. The second-order valence-electron chi connectivity index (χ2n) is 11.6. The molecule has 3 rings (SSSR count). The van der Waals surface area contributed by atoms with E-state index in [1.807, 2.05) is 0 Å². The van der Waals surface area contributed by atoms with Crippen molar-refractivity contribution in [1.82, 2.24) is 15.0 Å². The highest BCUT2D eigenvalue weighted by Crippen LogP contribution is 2.21. The molecule has 18 nitrogen and oxygen atoms in total. The highest BCUT2D eigenvalue weighted by molar-refractivity contribution is 5.89. The van der Waals surface area contributed by atoms with Crippen LogP contribution in [0.2, 0.25) is 0 Å². The monoisotopic (exact) mass is 658 g/mol. The first-order valence-electron chi connectivity index (χ1n) is 13.7. The van der Waals surface area contributed by atoms with Gasteiger partial charge in [0, 0.05) is 12.1 Å². The van der Waals surface area contributed by atoms with Gasteiger partial charge in [0.15, 0.2) is 0 Å². The Morgan fingerprint density at radius 3 is 1.51 bits per heavy atom. The van der Waals surface area contributed by atoms with Crippen LogP contribution in [-0.2, 0) is 9.47 Å². The van der Waals surface area contributed by atoms with E-state index in [-0.39, 0.29) is 28.3 Å². The van der Waals surface area contributed by atoms with Crippen molar-refractivity contribution in [3.8, 4) is 0 Å². The van der Waals surface area contributed by atoms with Crippen molar-refractivity contribution in [2.24, 2.45) is 0 Å². The fraction of sp³-hybridized carbons (Fsp3) is 0.379. The fourth-order valence-corrected chi connectivity index (χ4v) is 3.09. The number of nitrogens with one attached hydrogen (secondary N) is 2. The summed E-state index contributed by atoms with van der Waals surface area (Å²) < 4.78 is 10.2. The topological polar surface area (TPSA) is 265 Å². The van der Waals surface area contributed by atoms with Gasteiger partial charge in [0.05, 0.1) is 55.8 Å². The molecule has 0 aliphatic heterocycles. The number of carboxylic acid groups (broad SMARTS) is 1. The van der Waals surface area contributed by atoms with Crippen molar-refractivity contribution >= 4 is 46.6 Å². The predicted molar refractivity (Wildman–Crippen MR) is 171 cm³/mol. The number of aromatic nitrogens is 3. The number of ether oxygens (including phenoxy) is 2. The number of nitrogens with zero attached hydrogens (tertiary/aromatic N) is 5. The van der Waals surface area contributed by atoms with Crippen LogP contribution in [0, 0.1) is 41.0 Å². The number of carbonyl (C=O) groups excluding carboxylic acids is 2. The smallest absolute Gasteiger partial charge is 0.412 e. The third-order valence-electron chi connectivity index (χ3n) is 5.18. The molecule has 18 heteroatoms. The van der Waals surface area contributed by atoms with Gasteiger partial charge in [-0.3, -0.25) is 45.8 Å². The van der Waals surface area contributed by atoms with Gasteiger partial charge in [0.25, 0.3) is 11.4 Å². The first-order chi connectivity index (χ1) is 21.5. The first-order valence-corrected chi connectivity index (χ1v) is 13.7. The Morgan fingerprint density at radius 2 is 1.11 bits per heavy atom. The summed E-state index contributed by atoms with van der Waals surface area (Å²) in [4.78, 5) is 64.6. The maximum Gasteiger partial charge on any atom is 0.412 e. The minimum absolute atomic E-state index is 0.144. The van der Waals surface area contributed by atoms with Gasteiger partial charge in [-0.25, -0.2) is 14.4 Å². The lowest BCUT2D eigenvalue weighted by Crippen LogP contribution is -2.27. The molecule has 2 amide bonds. The van der Waals surface area contributed by atoms with Crippen LogP contribution in [0.1, 0.15) is 69.0 Å². The highest BCUT2D eigenvalue weighted by Gasteiger charge is 2.19. The molecule has 0 radical (unpaired) electrons. The maximum atomic E-state index is 11.5. The minimum Gasteiger partial charge on any atom is -0.478 e. The summed E-state index contributed by atoms with van der Waals surface area (Å²) in [6, 6.07) is 3.88. The lowest BCUT2D eigenvalue weighted by Gasteiger charge is -2.20. The predicted octanol–water partition coefficient (Wildman–Crippen LogP) is 5.96. The van der Waals surface area contributed by atoms with E-state index in [9.17, 15) is 34.6 Å². The Balaban J connectivity index is 0.000000357. The summed E-state index contributed by atoms with van der Waals surface area (Å²) in [5, 5.41) is 34.5. The van der Waals surface area contributed by atoms with E-state index in [0.29, 0.717) is 22.8 Å². The Labute approximate surface area is 270 Å². The van der Waals surface area contributed by atoms with Gasteiger partial charge in [-0.2, -0.15) is 0 Å². The largest absolute Gasteiger partial charge is 0.478 e. The zero-order valence-corrected chi connectivity index (χ0v) is 27.4. The van der Waals surface area contributed by atoms with Gasteiger partial charge in [0.2, 0.25) is 0 Å². The van der Waals surface area contributed by atoms with Crippen LogP contribution in [0.15, 0.2) is 36.8 Å². The number of nitro groups is 2. The average Bonchev–Trinajstić information content (AvgIpc) is 2.90. The van der Waals surface area contributed by atoms with Crippen molar-refractivity contribution in [2.75, 3.05) is 16.4 Å². The summed E-state index contributed by atoms with van der Waals surface area (Å²) >= 11 is 0. The molecule has 0 aliphatic carbocycles. The molecule has 0 bridgehead atoms. The number of hydrogen-bond donors (Lipinski definition) is 4. The average molecular weight is 659 g/mol. The third-order valence-corrected chi connectivity index (χ3v) is 5.18. The van der Waals surface area contributed by atoms with E-state index >= 15 is 0 Å². The van der Waals surface area contributed by atoms with Crippen LogP contribution in [0.4, 0.5) is 38.0 Å². The number of nitrogen functional groups attached to an aromatic ring is 1. The van der Waals surface area contributed by atoms with E-state index in [0.717, 1.165) is 18.5 Å². The van der Waals surface area contributed by atoms with Crippen molar-refractivity contribution in [3.05, 3.63) is 79.7 Å². The highest BCUT2D eigenvalue weighted by atomic mass is 16.6. The molecule has 47 heavy (non-hydrogen) atoms. The molecule has 0 unspecified atom stereocenters. The van der Waals surface area contributed by atoms with E-state index in [2.05, 4.69) is 25.6 Å². The number of hydrogen-bond acceptors (Lipinski definition) is 13. The number of nitrogens with two attached hydrogens (primary N) is 1. The molecule has 3 aromatic rings. The number of anilines is 3. The standard InChI is InChI=1S/C11H15N3O4.C11H17N3O2.C7H6N2O4/c1-7-9(5-8(6-12-7)14(16)17)13-10(15)18-11(2,3)4;1-7-9(5-8(12)6-13-7)14-10(15)16-11(2,3)4;1-4-6(7(10)11)2-5(3-8-4)9(12)13/h5-6H,1-4H3,(H,13,15);5-6H,12H2,1-4H3,(H,14,15);2-3H,1H3,(H,10,11). The Morgan fingerprint density at radius 1 is 0.723 bits per heavy atom. The molecular formula is C29H38N8O10. The Hall–Kier alpha value is -5.94. The molecule has 0 saturated carbocycles. The number of aryl methyl sites for hydroxylation is 3. The zero-order valence-electron chi connectivity index (χ0n) is 27.4. The molecule has 0 aliphatic rings. The summed E-state index contributed by atoms with van der Waals surface area (Å²) in [5.74, 6) is -1.21. The van der Waals surface area contributed by atoms with Crippen molar-refractivity contribution in [1.29, 1.82) is 0 Å². The number of amides is 2. The molecule has 0 atom stereocenters. The molecule has 3 heterocycles. The minimum atomic E-state index is -1.21. The molecular weight excluding hydrogens is 620 g/mol. The first kappa shape index (κ1) is 39.1. The molecule has 0 saturated heterocycles. The third kappa shape index (κ3) is 14.6. The lowest BCUT2D eigenvalue weighted by molar-refractivity contribution is -0.385. The molecule has 0 fully saturated rings. The molecule has 3 aromatic heterocycles. The number of carbonyl (C=O) groups is 3. The van der Waals surface area contributed by atoms with Gasteiger partial charge < -0.3 is 20.3 Å². The molecule has 0 aromatic carbocycles. The van der Waals surface area contributed by atoms with E-state index < -0.39 is 39.2 Å². The Bertz CT molecular complexity index is 1630. The maximum absolute atomic E-state index is 11.5. The van der Waals surface area contributed by atoms with E-state index in [1.54, 1.807) is 61.5 Å². The van der Waals surface area contributed by atoms with Crippen molar-refractivity contribution in [3.63, 3.8) is 0 Å². The number of rotatable bonds is 5. The summed E-state index contributed by atoms with van der Waals surface area (Å²) in [6.07, 6.45) is 2.52. The van der Waals surface area contributed by atoms with Crippen LogP contribution in [0.3, 0.4) is 0 Å². The fourth-order valence-electron chi connectivity index (χ4n) is 3.09. The van der Waals surface area contributed by atoms with Gasteiger partial charge in [-0.1, -0.05) is 0 Å². The van der Waals surface area contributed by atoms with Crippen molar-refractivity contribution in [2.45, 2.75) is 73.5 Å². The second-order valence-corrected chi connectivity index (χ2v) is 11.6. The molecule has 5 N–H and O–H groups in total. The second kappa shape index (κ2) is 16.4. The summed E-state index contributed by atoms with van der Waals surface area (Å²) in [5.41, 5.74) is 6.53. The van der Waals surface area contributed by atoms with Crippen LogP contribution in [0.5, 0.6) is 0 Å². The molecule has 0 spiro atoms. The van der Waals surface area contributed by atoms with Crippen LogP contribution in [0.25, 0.3) is 0 Å². The van der Waals surface area contributed by atoms with Crippen LogP contribution >= 0.6 is 0 Å². The quantitative estimate of drug-likeness (QED) is 0.182. The van der Waals surface area contributed by atoms with Gasteiger partial charge >= 0.3 is 18.2 Å².